The molecule has 0 aliphatic carbocycles. The van der Waals surface area contributed by atoms with Gasteiger partial charge in [-0.2, -0.15) is 18.3 Å². The molecule has 3 rings (SSSR count). The Kier molecular flexibility index (Phi) is 8.28. The molecule has 0 saturated carbocycles. The van der Waals surface area contributed by atoms with Gasteiger partial charge in [-0.3, -0.25) is 15.0 Å². The lowest BCUT2D eigenvalue weighted by atomic mass is 10.1. The third-order valence-corrected chi connectivity index (χ3v) is 5.37. The van der Waals surface area contributed by atoms with Crippen LogP contribution in [0, 0.1) is 6.92 Å². The maximum atomic E-state index is 13.4. The minimum atomic E-state index is -4.87. The first kappa shape index (κ1) is 27.7. The van der Waals surface area contributed by atoms with Gasteiger partial charge in [0.05, 0.1) is 16.3 Å². The number of carbonyl (C=O) groups excluding carboxylic acids is 3. The number of urea groups is 1. The molecular weight excluding hydrogens is 538 g/mol. The maximum absolute atomic E-state index is 13.4. The van der Waals surface area contributed by atoms with Crippen LogP contribution in [0.25, 0.3) is 5.82 Å². The first-order valence-electron chi connectivity index (χ1n) is 10.6. The third-order valence-electron chi connectivity index (χ3n) is 4.86. The number of anilines is 1. The normalized spacial score (nSPS) is 11.1. The second-order valence-corrected chi connectivity index (χ2v) is 8.41. The zero-order chi connectivity index (χ0) is 27.5. The Morgan fingerprint density at radius 1 is 1.14 bits per heavy atom. The van der Waals surface area contributed by atoms with E-state index in [0.717, 1.165) is 5.01 Å². The van der Waals surface area contributed by atoms with Gasteiger partial charge in [-0.05, 0) is 43.7 Å². The highest BCUT2D eigenvalue weighted by Gasteiger charge is 2.37. The van der Waals surface area contributed by atoms with Crippen molar-refractivity contribution in [1.29, 1.82) is 0 Å². The van der Waals surface area contributed by atoms with Crippen LogP contribution in [-0.4, -0.2) is 51.2 Å². The number of halogens is 5. The molecule has 2 heterocycles. The summed E-state index contributed by atoms with van der Waals surface area (Å²) in [5.41, 5.74) is 0.561. The highest BCUT2D eigenvalue weighted by atomic mass is 35.5. The minimum absolute atomic E-state index is 0.0513. The van der Waals surface area contributed by atoms with Crippen molar-refractivity contribution in [2.45, 2.75) is 20.0 Å². The van der Waals surface area contributed by atoms with Crippen LogP contribution in [0.3, 0.4) is 0 Å². The van der Waals surface area contributed by atoms with E-state index in [0.29, 0.717) is 22.9 Å². The molecule has 0 bridgehead atoms. The van der Waals surface area contributed by atoms with Crippen molar-refractivity contribution in [3.05, 3.63) is 69.1 Å². The number of hydrazine groups is 1. The van der Waals surface area contributed by atoms with Crippen LogP contribution >= 0.6 is 23.2 Å². The van der Waals surface area contributed by atoms with Crippen LogP contribution < -0.4 is 16.1 Å². The predicted octanol–water partition coefficient (Wildman–Crippen LogP) is 4.46. The van der Waals surface area contributed by atoms with Gasteiger partial charge in [0, 0.05) is 30.9 Å². The SMILES string of the molecule is CCNC(=O)N(C)NC(=O)c1cc(Cl)cc(C)c1NC(=O)c1cc(C(F)(F)F)nn1-c1ncccc1Cl. The van der Waals surface area contributed by atoms with Gasteiger partial charge in [-0.25, -0.2) is 19.5 Å². The van der Waals surface area contributed by atoms with Gasteiger partial charge in [-0.1, -0.05) is 23.2 Å². The third kappa shape index (κ3) is 6.30. The summed E-state index contributed by atoms with van der Waals surface area (Å²) >= 11 is 12.2. The van der Waals surface area contributed by atoms with Gasteiger partial charge < -0.3 is 10.6 Å². The standard InChI is InChI=1S/C22H20Cl2F3N7O3/c1-4-28-21(37)33(3)32-19(35)13-9-12(23)8-11(2)17(13)30-20(36)15-10-16(22(25,26)27)31-34(15)18-14(24)6-5-7-29-18/h5-10H,4H2,1-3H3,(H,28,37)(H,30,36)(H,32,35). The Morgan fingerprint density at radius 2 is 1.84 bits per heavy atom. The van der Waals surface area contributed by atoms with Crippen LogP contribution in [0.1, 0.15) is 39.0 Å². The van der Waals surface area contributed by atoms with E-state index in [1.807, 2.05) is 0 Å². The first-order chi connectivity index (χ1) is 17.3. The summed E-state index contributed by atoms with van der Waals surface area (Å²) < 4.78 is 41.0. The predicted molar refractivity (Wildman–Crippen MR) is 130 cm³/mol. The van der Waals surface area contributed by atoms with E-state index in [4.69, 9.17) is 23.2 Å². The molecule has 0 atom stereocenters. The Balaban J connectivity index is 2.03. The Hall–Kier alpha value is -3.84. The summed E-state index contributed by atoms with van der Waals surface area (Å²) in [7, 11) is 1.30. The summed E-state index contributed by atoms with van der Waals surface area (Å²) in [6, 6.07) is 5.44. The fourth-order valence-electron chi connectivity index (χ4n) is 3.17. The average molecular weight is 558 g/mol. The molecule has 4 amide bonds. The quantitative estimate of drug-likeness (QED) is 0.400. The number of hydrogen-bond donors (Lipinski definition) is 3. The zero-order valence-corrected chi connectivity index (χ0v) is 21.1. The van der Waals surface area contributed by atoms with Gasteiger partial charge in [0.1, 0.15) is 5.69 Å². The number of aryl methyl sites for hydroxylation is 1. The van der Waals surface area contributed by atoms with E-state index >= 15 is 0 Å². The number of aromatic nitrogens is 3. The molecule has 1 aromatic carbocycles. The fourth-order valence-corrected chi connectivity index (χ4v) is 3.65. The van der Waals surface area contributed by atoms with Gasteiger partial charge in [0.2, 0.25) is 0 Å². The average Bonchev–Trinajstić information content (AvgIpc) is 3.27. The Labute approximate surface area is 218 Å². The monoisotopic (exact) mass is 557 g/mol. The number of alkyl halides is 3. The van der Waals surface area contributed by atoms with Crippen LogP contribution in [0.15, 0.2) is 36.5 Å². The molecule has 2 aromatic heterocycles. The molecule has 3 aromatic rings. The molecule has 0 aliphatic heterocycles. The fraction of sp³-hybridized carbons (Fsp3) is 0.227. The highest BCUT2D eigenvalue weighted by Crippen LogP contribution is 2.31. The van der Waals surface area contributed by atoms with E-state index in [2.05, 4.69) is 26.1 Å². The molecule has 0 unspecified atom stereocenters. The molecule has 15 heteroatoms. The van der Waals surface area contributed by atoms with Crippen LogP contribution in [0.5, 0.6) is 0 Å². The minimum Gasteiger partial charge on any atom is -0.337 e. The number of hydrogen-bond acceptors (Lipinski definition) is 5. The van der Waals surface area contributed by atoms with E-state index < -0.39 is 35.4 Å². The topological polar surface area (TPSA) is 121 Å². The first-order valence-corrected chi connectivity index (χ1v) is 11.3. The van der Waals surface area contributed by atoms with Crippen molar-refractivity contribution in [3.8, 4) is 5.82 Å². The smallest absolute Gasteiger partial charge is 0.337 e. The molecule has 37 heavy (non-hydrogen) atoms. The number of benzene rings is 1. The molecule has 3 N–H and O–H groups in total. The Bertz CT molecular complexity index is 1360. The Morgan fingerprint density at radius 3 is 2.46 bits per heavy atom. The number of nitrogens with one attached hydrogen (secondary N) is 3. The van der Waals surface area contributed by atoms with Crippen molar-refractivity contribution >= 4 is 46.7 Å². The van der Waals surface area contributed by atoms with E-state index in [1.54, 1.807) is 6.92 Å². The van der Waals surface area contributed by atoms with Crippen molar-refractivity contribution in [2.24, 2.45) is 0 Å². The second kappa shape index (κ2) is 11.0. The van der Waals surface area contributed by atoms with Crippen molar-refractivity contribution in [3.63, 3.8) is 0 Å². The number of pyridine rings is 1. The number of rotatable bonds is 5. The molecule has 0 fully saturated rings. The second-order valence-electron chi connectivity index (χ2n) is 7.57. The molecule has 0 aliphatic rings. The van der Waals surface area contributed by atoms with Crippen molar-refractivity contribution in [1.82, 2.24) is 30.5 Å². The largest absolute Gasteiger partial charge is 0.435 e. The number of nitrogens with zero attached hydrogens (tertiary/aromatic N) is 4. The lowest BCUT2D eigenvalue weighted by molar-refractivity contribution is -0.141. The molecule has 0 saturated heterocycles. The summed E-state index contributed by atoms with van der Waals surface area (Å²) in [5, 5.41) is 9.40. The lowest BCUT2D eigenvalue weighted by Crippen LogP contribution is -2.48. The summed E-state index contributed by atoms with van der Waals surface area (Å²) in [6.45, 7) is 3.53. The number of carbonyl (C=O) groups is 3. The molecular formula is C22H20Cl2F3N7O3. The molecule has 0 radical (unpaired) electrons. The van der Waals surface area contributed by atoms with Crippen LogP contribution in [0.4, 0.5) is 23.7 Å². The van der Waals surface area contributed by atoms with Gasteiger partial charge in [0.15, 0.2) is 11.5 Å². The van der Waals surface area contributed by atoms with Gasteiger partial charge >= 0.3 is 12.2 Å². The zero-order valence-electron chi connectivity index (χ0n) is 19.6. The summed E-state index contributed by atoms with van der Waals surface area (Å²) in [5.74, 6) is -2.06. The van der Waals surface area contributed by atoms with Crippen molar-refractivity contribution < 1.29 is 27.6 Å². The van der Waals surface area contributed by atoms with Crippen LogP contribution in [0.2, 0.25) is 10.0 Å². The lowest BCUT2D eigenvalue weighted by Gasteiger charge is -2.20. The highest BCUT2D eigenvalue weighted by molar-refractivity contribution is 6.32. The summed E-state index contributed by atoms with van der Waals surface area (Å²) in [4.78, 5) is 42.1. The van der Waals surface area contributed by atoms with E-state index in [-0.39, 0.29) is 27.1 Å². The van der Waals surface area contributed by atoms with Gasteiger partial charge in [0.25, 0.3) is 11.8 Å². The van der Waals surface area contributed by atoms with E-state index in [1.165, 1.54) is 44.4 Å². The summed E-state index contributed by atoms with van der Waals surface area (Å²) in [6.07, 6.45) is -3.60. The van der Waals surface area contributed by atoms with Crippen LogP contribution in [-0.2, 0) is 6.18 Å². The number of amides is 4. The van der Waals surface area contributed by atoms with Crippen molar-refractivity contribution in [2.75, 3.05) is 18.9 Å². The molecule has 196 valence electrons. The van der Waals surface area contributed by atoms with Gasteiger partial charge in [-0.15, -0.1) is 0 Å². The van der Waals surface area contributed by atoms with E-state index in [9.17, 15) is 27.6 Å². The molecule has 10 nitrogen and oxygen atoms in total. The maximum Gasteiger partial charge on any atom is 0.435 e. The molecule has 0 spiro atoms.